The van der Waals surface area contributed by atoms with E-state index in [1.165, 1.54) is 0 Å². The van der Waals surface area contributed by atoms with E-state index in [-0.39, 0.29) is 24.2 Å². The summed E-state index contributed by atoms with van der Waals surface area (Å²) in [6.07, 6.45) is 2.44. The maximum atomic E-state index is 11.7. The van der Waals surface area contributed by atoms with Crippen molar-refractivity contribution in [2.75, 3.05) is 0 Å². The van der Waals surface area contributed by atoms with E-state index in [1.807, 2.05) is 0 Å². The van der Waals surface area contributed by atoms with Gasteiger partial charge in [-0.15, -0.1) is 0 Å². The highest BCUT2D eigenvalue weighted by atomic mass is 16.2. The molecule has 1 aliphatic rings. The van der Waals surface area contributed by atoms with Gasteiger partial charge >= 0.3 is 0 Å². The smallest absolute Gasteiger partial charge is 0.224 e. The summed E-state index contributed by atoms with van der Waals surface area (Å²) >= 11 is 0. The Bertz CT molecular complexity index is 500. The van der Waals surface area contributed by atoms with Crippen molar-refractivity contribution < 1.29 is 9.59 Å². The molecule has 1 N–H and O–H groups in total. The summed E-state index contributed by atoms with van der Waals surface area (Å²) in [5, 5.41) is 2.76. The second kappa shape index (κ2) is 5.46. The van der Waals surface area contributed by atoms with Crippen LogP contribution >= 0.6 is 0 Å². The third kappa shape index (κ3) is 2.95. The fraction of sp³-hybridized carbons (Fsp3) is 0.357. The Kier molecular flexibility index (Phi) is 3.73. The van der Waals surface area contributed by atoms with Crippen molar-refractivity contribution in [1.29, 1.82) is 0 Å². The summed E-state index contributed by atoms with van der Waals surface area (Å²) in [7, 11) is 0. The van der Waals surface area contributed by atoms with Gasteiger partial charge in [-0.3, -0.25) is 9.59 Å². The molecule has 0 bridgehead atoms. The molecule has 1 amide bonds. The Balaban J connectivity index is 1.90. The molecule has 0 heterocycles. The number of nitrogens with zero attached hydrogens (tertiary/aromatic N) is 1. The van der Waals surface area contributed by atoms with E-state index in [9.17, 15) is 9.59 Å². The number of ketones is 1. The summed E-state index contributed by atoms with van der Waals surface area (Å²) < 4.78 is 0. The normalized spacial score (nSPS) is 18.4. The van der Waals surface area contributed by atoms with Crippen molar-refractivity contribution in [2.45, 2.75) is 31.7 Å². The van der Waals surface area contributed by atoms with Gasteiger partial charge < -0.3 is 5.32 Å². The lowest BCUT2D eigenvalue weighted by Crippen LogP contribution is -2.38. The molecule has 18 heavy (non-hydrogen) atoms. The molecule has 0 aliphatic heterocycles. The van der Waals surface area contributed by atoms with Crippen molar-refractivity contribution >= 4 is 17.4 Å². The maximum Gasteiger partial charge on any atom is 0.224 e. The van der Waals surface area contributed by atoms with Gasteiger partial charge in [0.05, 0.1) is 19.0 Å². The number of amides is 1. The standard InChI is InChI=1S/C14H14N2O2/c1-15-11-7-5-10(6-8-11)9-14(18)16-12-3-2-4-13(12)17/h5-8,12H,2-4,9H2,(H,16,18). The maximum absolute atomic E-state index is 11.7. The van der Waals surface area contributed by atoms with Crippen LogP contribution in [0, 0.1) is 6.57 Å². The van der Waals surface area contributed by atoms with Crippen molar-refractivity contribution in [2.24, 2.45) is 0 Å². The van der Waals surface area contributed by atoms with Gasteiger partial charge in [-0.25, -0.2) is 4.85 Å². The van der Waals surface area contributed by atoms with Crippen LogP contribution in [0.15, 0.2) is 24.3 Å². The van der Waals surface area contributed by atoms with Crippen molar-refractivity contribution in [3.05, 3.63) is 41.2 Å². The molecular formula is C14H14N2O2. The average Bonchev–Trinajstić information content (AvgIpc) is 2.76. The molecule has 1 saturated carbocycles. The summed E-state index contributed by atoms with van der Waals surface area (Å²) in [4.78, 5) is 26.4. The Morgan fingerprint density at radius 3 is 2.67 bits per heavy atom. The SMILES string of the molecule is [C-]#[N+]c1ccc(CC(=O)NC2CCCC2=O)cc1. The Labute approximate surface area is 106 Å². The molecule has 0 radical (unpaired) electrons. The first kappa shape index (κ1) is 12.3. The fourth-order valence-corrected chi connectivity index (χ4v) is 2.09. The summed E-state index contributed by atoms with van der Waals surface area (Å²) in [6, 6.07) is 6.62. The molecule has 1 unspecified atom stereocenters. The lowest BCUT2D eigenvalue weighted by atomic mass is 10.1. The molecule has 0 spiro atoms. The van der Waals surface area contributed by atoms with Crippen molar-refractivity contribution in [3.63, 3.8) is 0 Å². The Hall–Kier alpha value is -2.15. The Morgan fingerprint density at radius 1 is 1.39 bits per heavy atom. The van der Waals surface area contributed by atoms with E-state index in [1.54, 1.807) is 24.3 Å². The van der Waals surface area contributed by atoms with Gasteiger partial charge in [0.1, 0.15) is 0 Å². The van der Waals surface area contributed by atoms with Gasteiger partial charge in [0.15, 0.2) is 11.5 Å². The number of rotatable bonds is 3. The Morgan fingerprint density at radius 2 is 2.11 bits per heavy atom. The van der Waals surface area contributed by atoms with Crippen molar-refractivity contribution in [3.8, 4) is 0 Å². The lowest BCUT2D eigenvalue weighted by molar-refractivity contribution is -0.126. The molecule has 1 aromatic rings. The van der Waals surface area contributed by atoms with Crippen LogP contribution in [0.3, 0.4) is 0 Å². The van der Waals surface area contributed by atoms with Crippen LogP contribution < -0.4 is 5.32 Å². The fourth-order valence-electron chi connectivity index (χ4n) is 2.09. The molecule has 1 fully saturated rings. The first-order chi connectivity index (χ1) is 8.69. The zero-order valence-electron chi connectivity index (χ0n) is 9.98. The predicted molar refractivity (Wildman–Crippen MR) is 67.2 cm³/mol. The highest BCUT2D eigenvalue weighted by molar-refractivity contribution is 5.91. The van der Waals surface area contributed by atoms with E-state index in [4.69, 9.17) is 6.57 Å². The highest BCUT2D eigenvalue weighted by Gasteiger charge is 2.25. The summed E-state index contributed by atoms with van der Waals surface area (Å²) in [5.41, 5.74) is 1.41. The van der Waals surface area contributed by atoms with E-state index in [0.29, 0.717) is 12.1 Å². The number of hydrogen-bond acceptors (Lipinski definition) is 2. The number of hydrogen-bond donors (Lipinski definition) is 1. The van der Waals surface area contributed by atoms with Gasteiger partial charge in [0.2, 0.25) is 5.91 Å². The van der Waals surface area contributed by atoms with E-state index in [2.05, 4.69) is 10.2 Å². The van der Waals surface area contributed by atoms with Crippen LogP contribution in [0.25, 0.3) is 4.85 Å². The minimum atomic E-state index is -0.292. The molecular weight excluding hydrogens is 228 g/mol. The monoisotopic (exact) mass is 242 g/mol. The number of carbonyl (C=O) groups is 2. The van der Waals surface area contributed by atoms with Crippen molar-refractivity contribution in [1.82, 2.24) is 5.32 Å². The third-order valence-corrected chi connectivity index (χ3v) is 3.07. The molecule has 4 heteroatoms. The first-order valence-corrected chi connectivity index (χ1v) is 5.97. The molecule has 1 aromatic carbocycles. The van der Waals surface area contributed by atoms with Gasteiger partial charge in [0.25, 0.3) is 0 Å². The van der Waals surface area contributed by atoms with Crippen LogP contribution in [-0.4, -0.2) is 17.7 Å². The second-order valence-electron chi connectivity index (χ2n) is 4.43. The molecule has 2 rings (SSSR count). The molecule has 1 atom stereocenters. The molecule has 1 aliphatic carbocycles. The van der Waals surface area contributed by atoms with Gasteiger partial charge in [-0.05, 0) is 18.4 Å². The number of Topliss-reactive ketones (excluding diaryl/α,β-unsaturated/α-hetero) is 1. The summed E-state index contributed by atoms with van der Waals surface area (Å²) in [6.45, 7) is 6.84. The van der Waals surface area contributed by atoms with Crippen LogP contribution in [0.2, 0.25) is 0 Å². The van der Waals surface area contributed by atoms with Gasteiger partial charge in [0, 0.05) is 6.42 Å². The van der Waals surface area contributed by atoms with Gasteiger partial charge in [-0.2, -0.15) is 0 Å². The van der Waals surface area contributed by atoms with E-state index >= 15 is 0 Å². The largest absolute Gasteiger partial charge is 0.346 e. The minimum Gasteiger partial charge on any atom is -0.346 e. The van der Waals surface area contributed by atoms with E-state index < -0.39 is 0 Å². The number of carbonyl (C=O) groups excluding carboxylic acids is 2. The molecule has 0 saturated heterocycles. The second-order valence-corrected chi connectivity index (χ2v) is 4.43. The average molecular weight is 242 g/mol. The molecule has 4 nitrogen and oxygen atoms in total. The number of benzene rings is 1. The quantitative estimate of drug-likeness (QED) is 0.824. The predicted octanol–water partition coefficient (Wildman–Crippen LogP) is 2.02. The molecule has 92 valence electrons. The lowest BCUT2D eigenvalue weighted by Gasteiger charge is -2.10. The van der Waals surface area contributed by atoms with Gasteiger partial charge in [-0.1, -0.05) is 24.3 Å². The van der Waals surface area contributed by atoms with Crippen LogP contribution in [0.4, 0.5) is 5.69 Å². The molecule has 0 aromatic heterocycles. The zero-order valence-corrected chi connectivity index (χ0v) is 9.98. The van der Waals surface area contributed by atoms with E-state index in [0.717, 1.165) is 18.4 Å². The first-order valence-electron chi connectivity index (χ1n) is 5.97. The zero-order chi connectivity index (χ0) is 13.0. The van der Waals surface area contributed by atoms with Crippen LogP contribution in [-0.2, 0) is 16.0 Å². The number of nitrogens with one attached hydrogen (secondary N) is 1. The highest BCUT2D eigenvalue weighted by Crippen LogP contribution is 2.15. The summed E-state index contributed by atoms with van der Waals surface area (Å²) in [5.74, 6) is -0.00230. The van der Waals surface area contributed by atoms with Crippen LogP contribution in [0.5, 0.6) is 0 Å². The third-order valence-electron chi connectivity index (χ3n) is 3.07. The van der Waals surface area contributed by atoms with Crippen LogP contribution in [0.1, 0.15) is 24.8 Å². The minimum absolute atomic E-state index is 0.131. The topological polar surface area (TPSA) is 50.5 Å².